The van der Waals surface area contributed by atoms with Crippen molar-refractivity contribution in [3.8, 4) is 23.3 Å². The first-order valence-corrected chi connectivity index (χ1v) is 9.21. The second-order valence-electron chi connectivity index (χ2n) is 5.39. The summed E-state index contributed by atoms with van der Waals surface area (Å²) in [4.78, 5) is 0.269. The number of aryl methyl sites for hydroxylation is 2. The van der Waals surface area contributed by atoms with Crippen molar-refractivity contribution in [3.63, 3.8) is 0 Å². The molecule has 1 N–H and O–H groups in total. The molecule has 0 fully saturated rings. The quantitative estimate of drug-likeness (QED) is 0.806. The first kappa shape index (κ1) is 18.8. The first-order chi connectivity index (χ1) is 11.9. The third-order valence-corrected chi connectivity index (χ3v) is 5.03. The van der Waals surface area contributed by atoms with E-state index in [0.29, 0.717) is 17.1 Å². The van der Waals surface area contributed by atoms with Gasteiger partial charge < -0.3 is 9.47 Å². The molecule has 0 aliphatic carbocycles. The zero-order valence-electron chi connectivity index (χ0n) is 14.5. The summed E-state index contributed by atoms with van der Waals surface area (Å²) in [6.45, 7) is 3.86. The lowest BCUT2D eigenvalue weighted by molar-refractivity contribution is 0.331. The molecule has 2 aromatic rings. The van der Waals surface area contributed by atoms with E-state index in [1.807, 2.05) is 25.1 Å². The summed E-state index contributed by atoms with van der Waals surface area (Å²) in [5, 5.41) is 0. The normalized spacial score (nSPS) is 10.7. The number of rotatable bonds is 6. The fourth-order valence-corrected chi connectivity index (χ4v) is 3.42. The summed E-state index contributed by atoms with van der Waals surface area (Å²) >= 11 is 0. The molecule has 0 saturated heterocycles. The molecule has 5 nitrogen and oxygen atoms in total. The second kappa shape index (κ2) is 8.56. The average molecular weight is 359 g/mol. The van der Waals surface area contributed by atoms with Crippen LogP contribution in [0.15, 0.2) is 47.4 Å². The Bertz CT molecular complexity index is 895. The van der Waals surface area contributed by atoms with Crippen molar-refractivity contribution in [2.75, 3.05) is 20.3 Å². The lowest BCUT2D eigenvalue weighted by atomic mass is 10.2. The molecule has 0 bridgehead atoms. The third kappa shape index (κ3) is 5.24. The van der Waals surface area contributed by atoms with Gasteiger partial charge >= 0.3 is 0 Å². The van der Waals surface area contributed by atoms with Crippen LogP contribution in [-0.2, 0) is 10.0 Å². The molecule has 25 heavy (non-hydrogen) atoms. The maximum atomic E-state index is 12.3. The van der Waals surface area contributed by atoms with Crippen molar-refractivity contribution in [1.29, 1.82) is 0 Å². The van der Waals surface area contributed by atoms with Gasteiger partial charge in [-0.25, -0.2) is 8.42 Å². The molecule has 0 heterocycles. The Morgan fingerprint density at radius 1 is 1.04 bits per heavy atom. The minimum atomic E-state index is -3.57. The number of hydrogen-bond acceptors (Lipinski definition) is 4. The van der Waals surface area contributed by atoms with Crippen molar-refractivity contribution in [3.05, 3.63) is 53.6 Å². The van der Waals surface area contributed by atoms with Gasteiger partial charge in [-0.3, -0.25) is 0 Å². The van der Waals surface area contributed by atoms with Crippen molar-refractivity contribution in [1.82, 2.24) is 4.72 Å². The number of para-hydroxylation sites is 2. The number of benzene rings is 2. The second-order valence-corrected chi connectivity index (χ2v) is 7.12. The van der Waals surface area contributed by atoms with Gasteiger partial charge in [0.25, 0.3) is 0 Å². The smallest absolute Gasteiger partial charge is 0.241 e. The van der Waals surface area contributed by atoms with Crippen LogP contribution in [0.1, 0.15) is 11.1 Å². The highest BCUT2D eigenvalue weighted by Crippen LogP contribution is 2.25. The molecular formula is C19H21NO4S. The summed E-state index contributed by atoms with van der Waals surface area (Å²) < 4.78 is 37.7. The first-order valence-electron chi connectivity index (χ1n) is 7.72. The van der Waals surface area contributed by atoms with Crippen LogP contribution >= 0.6 is 0 Å². The maximum absolute atomic E-state index is 12.3. The lowest BCUT2D eigenvalue weighted by Crippen LogP contribution is -2.24. The minimum Gasteiger partial charge on any atom is -0.493 e. The number of methoxy groups -OCH3 is 1. The van der Waals surface area contributed by atoms with E-state index in [1.165, 1.54) is 0 Å². The Hall–Kier alpha value is -2.49. The van der Waals surface area contributed by atoms with Gasteiger partial charge in [-0.1, -0.05) is 41.7 Å². The van der Waals surface area contributed by atoms with E-state index in [1.54, 1.807) is 38.3 Å². The van der Waals surface area contributed by atoms with E-state index >= 15 is 0 Å². The van der Waals surface area contributed by atoms with Crippen molar-refractivity contribution in [2.24, 2.45) is 0 Å². The number of sulfonamides is 1. The van der Waals surface area contributed by atoms with Crippen LogP contribution in [0, 0.1) is 25.7 Å². The zero-order chi connectivity index (χ0) is 18.3. The Kier molecular flexibility index (Phi) is 6.45. The molecule has 0 spiro atoms. The van der Waals surface area contributed by atoms with Crippen LogP contribution in [0.5, 0.6) is 11.5 Å². The number of nitrogens with one attached hydrogen (secondary N) is 1. The molecule has 6 heteroatoms. The van der Waals surface area contributed by atoms with Gasteiger partial charge in [-0.2, -0.15) is 4.72 Å². The van der Waals surface area contributed by atoms with Crippen LogP contribution < -0.4 is 14.2 Å². The van der Waals surface area contributed by atoms with E-state index < -0.39 is 10.0 Å². The summed E-state index contributed by atoms with van der Waals surface area (Å²) in [6.07, 6.45) is 0. The molecule has 0 amide bonds. The SMILES string of the molecule is COc1ccccc1OCC#CCNS(=O)(=O)c1ccc(C)cc1C. The van der Waals surface area contributed by atoms with Gasteiger partial charge in [0.05, 0.1) is 18.6 Å². The van der Waals surface area contributed by atoms with E-state index in [2.05, 4.69) is 16.6 Å². The number of ether oxygens (including phenoxy) is 2. The number of hydrogen-bond donors (Lipinski definition) is 1. The Morgan fingerprint density at radius 2 is 1.76 bits per heavy atom. The van der Waals surface area contributed by atoms with Gasteiger partial charge in [-0.15, -0.1) is 0 Å². The zero-order valence-corrected chi connectivity index (χ0v) is 15.3. The van der Waals surface area contributed by atoms with Gasteiger partial charge in [0.2, 0.25) is 10.0 Å². The average Bonchev–Trinajstić information content (AvgIpc) is 2.58. The molecule has 0 atom stereocenters. The van der Waals surface area contributed by atoms with Crippen LogP contribution in [0.4, 0.5) is 0 Å². The molecule has 2 aromatic carbocycles. The van der Waals surface area contributed by atoms with Gasteiger partial charge in [0.15, 0.2) is 11.5 Å². The standard InChI is InChI=1S/C19H21NO4S/c1-15-10-11-19(16(2)14-15)25(21,22)20-12-6-7-13-24-18-9-5-4-8-17(18)23-3/h4-5,8-11,14,20H,12-13H2,1-3H3. The molecule has 0 unspecified atom stereocenters. The van der Waals surface area contributed by atoms with Crippen LogP contribution in [0.3, 0.4) is 0 Å². The Morgan fingerprint density at radius 3 is 2.44 bits per heavy atom. The highest BCUT2D eigenvalue weighted by atomic mass is 32.2. The van der Waals surface area contributed by atoms with Gasteiger partial charge in [0, 0.05) is 0 Å². The summed E-state index contributed by atoms with van der Waals surface area (Å²) in [6, 6.07) is 12.5. The summed E-state index contributed by atoms with van der Waals surface area (Å²) in [5.74, 6) is 6.74. The topological polar surface area (TPSA) is 64.6 Å². The predicted octanol–water partition coefficient (Wildman–Crippen LogP) is 2.67. The van der Waals surface area contributed by atoms with E-state index in [4.69, 9.17) is 9.47 Å². The molecule has 0 aliphatic rings. The van der Waals surface area contributed by atoms with Gasteiger partial charge in [-0.05, 0) is 37.6 Å². The minimum absolute atomic E-state index is 0.0188. The summed E-state index contributed by atoms with van der Waals surface area (Å²) in [7, 11) is -2.01. The predicted molar refractivity (Wildman–Crippen MR) is 97.4 cm³/mol. The van der Waals surface area contributed by atoms with Crippen molar-refractivity contribution >= 4 is 10.0 Å². The maximum Gasteiger partial charge on any atom is 0.241 e. The fourth-order valence-electron chi connectivity index (χ4n) is 2.28. The molecule has 0 aliphatic heterocycles. The fraction of sp³-hybridized carbons (Fsp3) is 0.263. The van der Waals surface area contributed by atoms with Crippen LogP contribution in [0.25, 0.3) is 0 Å². The highest BCUT2D eigenvalue weighted by Gasteiger charge is 2.15. The molecule has 0 aromatic heterocycles. The van der Waals surface area contributed by atoms with Crippen molar-refractivity contribution < 1.29 is 17.9 Å². The Labute approximate surface area is 149 Å². The molecule has 0 saturated carbocycles. The van der Waals surface area contributed by atoms with Crippen LogP contribution in [-0.4, -0.2) is 28.7 Å². The van der Waals surface area contributed by atoms with E-state index in [-0.39, 0.29) is 18.0 Å². The van der Waals surface area contributed by atoms with Gasteiger partial charge in [0.1, 0.15) is 6.61 Å². The lowest BCUT2D eigenvalue weighted by Gasteiger charge is -2.08. The molecular weight excluding hydrogens is 338 g/mol. The van der Waals surface area contributed by atoms with Crippen LogP contribution in [0.2, 0.25) is 0 Å². The monoisotopic (exact) mass is 359 g/mol. The molecule has 2 rings (SSSR count). The van der Waals surface area contributed by atoms with E-state index in [9.17, 15) is 8.42 Å². The Balaban J connectivity index is 1.89. The molecule has 0 radical (unpaired) electrons. The molecule has 132 valence electrons. The van der Waals surface area contributed by atoms with E-state index in [0.717, 1.165) is 5.56 Å². The largest absolute Gasteiger partial charge is 0.493 e. The highest BCUT2D eigenvalue weighted by molar-refractivity contribution is 7.89. The summed E-state index contributed by atoms with van der Waals surface area (Å²) in [5.41, 5.74) is 1.73. The van der Waals surface area contributed by atoms with Crippen molar-refractivity contribution in [2.45, 2.75) is 18.7 Å². The third-order valence-electron chi connectivity index (χ3n) is 3.46.